The second-order valence-electron chi connectivity index (χ2n) is 6.84. The summed E-state index contributed by atoms with van der Waals surface area (Å²) in [5, 5.41) is 0. The lowest BCUT2D eigenvalue weighted by molar-refractivity contribution is -0.141. The van der Waals surface area contributed by atoms with E-state index in [2.05, 4.69) is 20.4 Å². The lowest BCUT2D eigenvalue weighted by atomic mass is 9.91. The van der Waals surface area contributed by atoms with E-state index in [1.54, 1.807) is 6.92 Å². The van der Waals surface area contributed by atoms with Gasteiger partial charge in [0.15, 0.2) is 0 Å². The van der Waals surface area contributed by atoms with Gasteiger partial charge in [0.05, 0.1) is 12.2 Å². The summed E-state index contributed by atoms with van der Waals surface area (Å²) in [6, 6.07) is 0. The van der Waals surface area contributed by atoms with Gasteiger partial charge in [-0.15, -0.1) is 0 Å². The smallest absolute Gasteiger partial charge is 0.337 e. The van der Waals surface area contributed by atoms with E-state index in [4.69, 9.17) is 9.47 Å². The van der Waals surface area contributed by atoms with Crippen LogP contribution in [0.5, 0.6) is 0 Å². The first-order chi connectivity index (χ1) is 10.7. The van der Waals surface area contributed by atoms with E-state index in [0.29, 0.717) is 23.9 Å². The van der Waals surface area contributed by atoms with Crippen molar-refractivity contribution in [2.75, 3.05) is 6.61 Å². The highest BCUT2D eigenvalue weighted by Crippen LogP contribution is 2.30. The Morgan fingerprint density at radius 2 is 1.83 bits per heavy atom. The van der Waals surface area contributed by atoms with Crippen molar-refractivity contribution in [1.29, 1.82) is 0 Å². The van der Waals surface area contributed by atoms with Gasteiger partial charge in [-0.3, -0.25) is 0 Å². The number of carbonyl (C=O) groups is 2. The molecule has 0 spiro atoms. The van der Waals surface area contributed by atoms with Gasteiger partial charge in [-0.25, -0.2) is 9.59 Å². The number of carbonyl (C=O) groups excluding carboxylic acids is 2. The van der Waals surface area contributed by atoms with E-state index >= 15 is 0 Å². The van der Waals surface area contributed by atoms with Crippen LogP contribution in [0.3, 0.4) is 0 Å². The van der Waals surface area contributed by atoms with Crippen molar-refractivity contribution in [2.24, 2.45) is 11.3 Å². The molecule has 0 aromatic rings. The van der Waals surface area contributed by atoms with Gasteiger partial charge in [0, 0.05) is 11.5 Å². The van der Waals surface area contributed by atoms with Crippen molar-refractivity contribution in [2.45, 2.75) is 67.2 Å². The molecule has 0 bridgehead atoms. The van der Waals surface area contributed by atoms with Crippen molar-refractivity contribution in [3.05, 3.63) is 24.0 Å². The molecule has 4 nitrogen and oxygen atoms in total. The summed E-state index contributed by atoms with van der Waals surface area (Å²) in [6.07, 6.45) is 5.39. The SMILES string of the molecule is C=CC(=O)O/C(=C(/C)C(=O)OCC(CC)CCCC)C(C)(C)C. The fourth-order valence-corrected chi connectivity index (χ4v) is 2.23. The summed E-state index contributed by atoms with van der Waals surface area (Å²) in [7, 11) is 0. The molecule has 0 aromatic carbocycles. The molecule has 0 saturated carbocycles. The third-order valence-corrected chi connectivity index (χ3v) is 3.69. The van der Waals surface area contributed by atoms with Gasteiger partial charge in [0.25, 0.3) is 0 Å². The Morgan fingerprint density at radius 3 is 2.26 bits per heavy atom. The summed E-state index contributed by atoms with van der Waals surface area (Å²) < 4.78 is 10.7. The van der Waals surface area contributed by atoms with Crippen LogP contribution in [0.4, 0.5) is 0 Å². The number of ether oxygens (including phenoxy) is 2. The molecular weight excluding hydrogens is 292 g/mol. The fraction of sp³-hybridized carbons (Fsp3) is 0.684. The minimum Gasteiger partial charge on any atom is -0.462 e. The number of rotatable bonds is 9. The summed E-state index contributed by atoms with van der Waals surface area (Å²) in [5.41, 5.74) is -0.147. The highest BCUT2D eigenvalue weighted by atomic mass is 16.5. The van der Waals surface area contributed by atoms with Gasteiger partial charge >= 0.3 is 11.9 Å². The molecular formula is C19H32O4. The van der Waals surface area contributed by atoms with E-state index in [9.17, 15) is 9.59 Å². The standard InChI is InChI=1S/C19H32O4/c1-8-11-12-15(9-2)13-22-18(21)14(4)17(19(5,6)7)23-16(20)10-3/h10,15H,3,8-9,11-13H2,1-2,4-7H3/b17-14-. The number of esters is 2. The first kappa shape index (κ1) is 21.4. The lowest BCUT2D eigenvalue weighted by Gasteiger charge is -2.24. The van der Waals surface area contributed by atoms with E-state index < -0.39 is 17.4 Å². The number of allylic oxidation sites excluding steroid dienone is 1. The Labute approximate surface area is 140 Å². The van der Waals surface area contributed by atoms with Crippen LogP contribution in [0.25, 0.3) is 0 Å². The van der Waals surface area contributed by atoms with Crippen molar-refractivity contribution < 1.29 is 19.1 Å². The zero-order valence-electron chi connectivity index (χ0n) is 15.5. The van der Waals surface area contributed by atoms with Crippen molar-refractivity contribution >= 4 is 11.9 Å². The second-order valence-corrected chi connectivity index (χ2v) is 6.84. The Bertz CT molecular complexity index is 441. The number of hydrogen-bond acceptors (Lipinski definition) is 4. The molecule has 0 radical (unpaired) electrons. The molecule has 0 fully saturated rings. The molecule has 0 aliphatic rings. The molecule has 0 amide bonds. The Balaban J connectivity index is 5.02. The number of hydrogen-bond donors (Lipinski definition) is 0. The van der Waals surface area contributed by atoms with E-state index in [1.807, 2.05) is 20.8 Å². The Morgan fingerprint density at radius 1 is 1.22 bits per heavy atom. The first-order valence-corrected chi connectivity index (χ1v) is 8.40. The van der Waals surface area contributed by atoms with Crippen LogP contribution < -0.4 is 0 Å². The van der Waals surface area contributed by atoms with Crippen LogP contribution in [0.15, 0.2) is 24.0 Å². The number of unbranched alkanes of at least 4 members (excludes halogenated alkanes) is 1. The predicted octanol–water partition coefficient (Wildman–Crippen LogP) is 4.80. The van der Waals surface area contributed by atoms with E-state index in [-0.39, 0.29) is 0 Å². The normalized spacial score (nSPS) is 13.8. The Kier molecular flexibility index (Phi) is 9.54. The molecule has 0 aliphatic carbocycles. The maximum Gasteiger partial charge on any atom is 0.337 e. The second kappa shape index (κ2) is 10.2. The molecule has 4 heteroatoms. The predicted molar refractivity (Wildman–Crippen MR) is 92.7 cm³/mol. The third-order valence-electron chi connectivity index (χ3n) is 3.69. The minimum atomic E-state index is -0.573. The molecule has 0 N–H and O–H groups in total. The first-order valence-electron chi connectivity index (χ1n) is 8.40. The molecule has 1 atom stereocenters. The van der Waals surface area contributed by atoms with Crippen molar-refractivity contribution in [3.8, 4) is 0 Å². The largest absolute Gasteiger partial charge is 0.462 e. The van der Waals surface area contributed by atoms with Crippen LogP contribution in [0.1, 0.15) is 67.2 Å². The average Bonchev–Trinajstić information content (AvgIpc) is 2.50. The third kappa shape index (κ3) is 8.00. The van der Waals surface area contributed by atoms with Gasteiger partial charge < -0.3 is 9.47 Å². The highest BCUT2D eigenvalue weighted by molar-refractivity contribution is 5.90. The van der Waals surface area contributed by atoms with Crippen molar-refractivity contribution in [3.63, 3.8) is 0 Å². The van der Waals surface area contributed by atoms with Crippen LogP contribution >= 0.6 is 0 Å². The Hall–Kier alpha value is -1.58. The van der Waals surface area contributed by atoms with Crippen LogP contribution in [0, 0.1) is 11.3 Å². The van der Waals surface area contributed by atoms with Gasteiger partial charge in [-0.1, -0.05) is 60.5 Å². The summed E-state index contributed by atoms with van der Waals surface area (Å²) in [4.78, 5) is 23.8. The van der Waals surface area contributed by atoms with Gasteiger partial charge in [0.1, 0.15) is 5.76 Å². The fourth-order valence-electron chi connectivity index (χ4n) is 2.23. The molecule has 0 heterocycles. The summed E-state index contributed by atoms with van der Waals surface area (Å²) in [6.45, 7) is 15.3. The zero-order chi connectivity index (χ0) is 18.0. The minimum absolute atomic E-state index is 0.328. The van der Waals surface area contributed by atoms with Gasteiger partial charge in [-0.05, 0) is 19.3 Å². The van der Waals surface area contributed by atoms with E-state index in [1.165, 1.54) is 0 Å². The molecule has 23 heavy (non-hydrogen) atoms. The van der Waals surface area contributed by atoms with Gasteiger partial charge in [0.2, 0.25) is 0 Å². The maximum atomic E-state index is 12.3. The van der Waals surface area contributed by atoms with Crippen molar-refractivity contribution in [1.82, 2.24) is 0 Å². The lowest BCUT2D eigenvalue weighted by Crippen LogP contribution is -2.22. The molecule has 0 aliphatic heterocycles. The van der Waals surface area contributed by atoms with E-state index in [0.717, 1.165) is 31.8 Å². The van der Waals surface area contributed by atoms with Crippen LogP contribution in [0.2, 0.25) is 0 Å². The average molecular weight is 324 g/mol. The topological polar surface area (TPSA) is 52.6 Å². The summed E-state index contributed by atoms with van der Waals surface area (Å²) in [5.74, 6) is -0.298. The maximum absolute atomic E-state index is 12.3. The quantitative estimate of drug-likeness (QED) is 0.347. The van der Waals surface area contributed by atoms with Crippen LogP contribution in [-0.4, -0.2) is 18.5 Å². The molecule has 0 aromatic heterocycles. The zero-order valence-corrected chi connectivity index (χ0v) is 15.5. The molecule has 0 saturated heterocycles. The monoisotopic (exact) mass is 324 g/mol. The molecule has 1 unspecified atom stereocenters. The summed E-state index contributed by atoms with van der Waals surface area (Å²) >= 11 is 0. The molecule has 0 rings (SSSR count). The molecule has 132 valence electrons. The van der Waals surface area contributed by atoms with Crippen LogP contribution in [-0.2, 0) is 19.1 Å². The highest BCUT2D eigenvalue weighted by Gasteiger charge is 2.27. The van der Waals surface area contributed by atoms with Gasteiger partial charge in [-0.2, -0.15) is 0 Å².